The Morgan fingerprint density at radius 2 is 1.52 bits per heavy atom. The van der Waals surface area contributed by atoms with Gasteiger partial charge in [0.2, 0.25) is 0 Å². The summed E-state index contributed by atoms with van der Waals surface area (Å²) in [4.78, 5) is 0. The predicted molar refractivity (Wildman–Crippen MR) is 95.9 cm³/mol. The summed E-state index contributed by atoms with van der Waals surface area (Å²) < 4.78 is 57.0. The van der Waals surface area contributed by atoms with Gasteiger partial charge in [-0.2, -0.15) is 8.42 Å². The van der Waals surface area contributed by atoms with Crippen molar-refractivity contribution in [3.63, 3.8) is 0 Å². The zero-order valence-corrected chi connectivity index (χ0v) is 16.8. The van der Waals surface area contributed by atoms with Gasteiger partial charge in [0.05, 0.1) is 25.4 Å². The van der Waals surface area contributed by atoms with Crippen LogP contribution < -0.4 is 0 Å². The fourth-order valence-electron chi connectivity index (χ4n) is 1.94. The Hall–Kier alpha value is -0.760. The van der Waals surface area contributed by atoms with E-state index >= 15 is 0 Å². The van der Waals surface area contributed by atoms with Crippen molar-refractivity contribution < 1.29 is 31.0 Å². The van der Waals surface area contributed by atoms with Crippen LogP contribution in [-0.2, 0) is 38.4 Å². The van der Waals surface area contributed by atoms with Crippen molar-refractivity contribution >= 4 is 17.7 Å². The van der Waals surface area contributed by atoms with Crippen LogP contribution in [0.4, 0.5) is 0 Å². The summed E-state index contributed by atoms with van der Waals surface area (Å²) in [5.74, 6) is -0.209. The second kappa shape index (κ2) is 10.4. The molecule has 0 bridgehead atoms. The quantitative estimate of drug-likeness (QED) is 0.304. The minimum atomic E-state index is -3.70. The van der Waals surface area contributed by atoms with Crippen LogP contribution >= 0.6 is 7.60 Å². The van der Waals surface area contributed by atoms with Gasteiger partial charge in [0.25, 0.3) is 10.1 Å². The molecule has 0 amide bonds. The molecule has 0 saturated heterocycles. The van der Waals surface area contributed by atoms with Crippen molar-refractivity contribution in [2.24, 2.45) is 0 Å². The van der Waals surface area contributed by atoms with Gasteiger partial charge in [0.15, 0.2) is 0 Å². The van der Waals surface area contributed by atoms with E-state index in [9.17, 15) is 13.0 Å². The van der Waals surface area contributed by atoms with Gasteiger partial charge in [-0.15, -0.1) is 0 Å². The lowest BCUT2D eigenvalue weighted by Gasteiger charge is -2.22. The first kappa shape index (κ1) is 22.3. The third-order valence-corrected chi connectivity index (χ3v) is 5.87. The van der Waals surface area contributed by atoms with Crippen molar-refractivity contribution in [1.82, 2.24) is 0 Å². The Kier molecular flexibility index (Phi) is 9.27. The molecule has 9 heteroatoms. The van der Waals surface area contributed by atoms with Gasteiger partial charge in [-0.1, -0.05) is 30.3 Å². The van der Waals surface area contributed by atoms with Crippen LogP contribution in [0.25, 0.3) is 0 Å². The smallest absolute Gasteiger partial charge is 0.356 e. The van der Waals surface area contributed by atoms with Crippen LogP contribution in [0.2, 0.25) is 0 Å². The summed E-state index contributed by atoms with van der Waals surface area (Å²) >= 11 is 0. The molecule has 7 nitrogen and oxygen atoms in total. The van der Waals surface area contributed by atoms with Gasteiger partial charge in [-0.3, -0.25) is 8.75 Å². The standard InChI is InChI=1S/C16H27O7PS/c1-14(2)22-24(17,23-15(3)4)13-20-10-11-21-25(18,19)12-16-8-6-5-7-9-16/h5-9,14-15H,10-13H2,1-4H3. The molecule has 0 aliphatic heterocycles. The van der Waals surface area contributed by atoms with Crippen molar-refractivity contribution in [3.8, 4) is 0 Å². The first-order chi connectivity index (χ1) is 11.6. The molecular weight excluding hydrogens is 367 g/mol. The van der Waals surface area contributed by atoms with E-state index in [0.717, 1.165) is 0 Å². The summed E-state index contributed by atoms with van der Waals surface area (Å²) in [6.45, 7) is 6.77. The zero-order valence-electron chi connectivity index (χ0n) is 15.1. The highest BCUT2D eigenvalue weighted by Crippen LogP contribution is 2.50. The Bertz CT molecular complexity index is 630. The number of ether oxygens (including phenoxy) is 1. The van der Waals surface area contributed by atoms with Crippen LogP contribution in [-0.4, -0.2) is 40.2 Å². The lowest BCUT2D eigenvalue weighted by Crippen LogP contribution is -2.15. The van der Waals surface area contributed by atoms with Crippen LogP contribution in [0.1, 0.15) is 33.3 Å². The van der Waals surface area contributed by atoms with E-state index in [0.29, 0.717) is 5.56 Å². The average molecular weight is 394 g/mol. The Labute approximate surface area is 150 Å². The number of hydrogen-bond acceptors (Lipinski definition) is 7. The highest BCUT2D eigenvalue weighted by atomic mass is 32.2. The van der Waals surface area contributed by atoms with E-state index < -0.39 is 17.7 Å². The first-order valence-corrected chi connectivity index (χ1v) is 11.4. The average Bonchev–Trinajstić information content (AvgIpc) is 2.45. The van der Waals surface area contributed by atoms with E-state index in [-0.39, 0.29) is 37.5 Å². The van der Waals surface area contributed by atoms with Crippen molar-refractivity contribution in [2.75, 3.05) is 19.6 Å². The maximum atomic E-state index is 12.5. The van der Waals surface area contributed by atoms with E-state index in [1.807, 2.05) is 6.07 Å². The Balaban J connectivity index is 2.39. The molecule has 0 spiro atoms. The zero-order chi connectivity index (χ0) is 18.9. The molecule has 0 fully saturated rings. The van der Waals surface area contributed by atoms with Gasteiger partial charge in [-0.25, -0.2) is 0 Å². The van der Waals surface area contributed by atoms with Gasteiger partial charge in [-0.05, 0) is 33.3 Å². The maximum Gasteiger partial charge on any atom is 0.356 e. The van der Waals surface area contributed by atoms with Crippen LogP contribution in [0, 0.1) is 0 Å². The van der Waals surface area contributed by atoms with E-state index in [4.69, 9.17) is 18.0 Å². The molecule has 0 aromatic heterocycles. The minimum Gasteiger partial charge on any atom is -0.366 e. The molecular formula is C16H27O7PS. The molecule has 0 aliphatic carbocycles. The van der Waals surface area contributed by atoms with Crippen molar-refractivity contribution in [1.29, 1.82) is 0 Å². The number of rotatable bonds is 12. The number of benzene rings is 1. The second-order valence-corrected chi connectivity index (χ2v) is 9.51. The van der Waals surface area contributed by atoms with Gasteiger partial charge in [0.1, 0.15) is 12.1 Å². The molecule has 0 saturated carbocycles. The molecule has 0 aliphatic rings. The van der Waals surface area contributed by atoms with Crippen LogP contribution in [0.5, 0.6) is 0 Å². The molecule has 25 heavy (non-hydrogen) atoms. The molecule has 0 atom stereocenters. The van der Waals surface area contributed by atoms with E-state index in [2.05, 4.69) is 0 Å². The van der Waals surface area contributed by atoms with Crippen molar-refractivity contribution in [2.45, 2.75) is 45.7 Å². The predicted octanol–water partition coefficient (Wildman–Crippen LogP) is 3.55. The summed E-state index contributed by atoms with van der Waals surface area (Å²) in [7, 11) is -7.09. The highest BCUT2D eigenvalue weighted by Gasteiger charge is 2.28. The summed E-state index contributed by atoms with van der Waals surface area (Å²) in [5.41, 5.74) is 0.642. The summed E-state index contributed by atoms with van der Waals surface area (Å²) in [6, 6.07) is 8.74. The second-order valence-electron chi connectivity index (χ2n) is 5.97. The topological polar surface area (TPSA) is 88.1 Å². The minimum absolute atomic E-state index is 0.0408. The fourth-order valence-corrected chi connectivity index (χ4v) is 4.76. The monoisotopic (exact) mass is 394 g/mol. The van der Waals surface area contributed by atoms with E-state index in [1.165, 1.54) is 0 Å². The van der Waals surface area contributed by atoms with Crippen LogP contribution in [0.15, 0.2) is 30.3 Å². The fraction of sp³-hybridized carbons (Fsp3) is 0.625. The summed E-state index contributed by atoms with van der Waals surface area (Å²) in [5, 5.41) is 0. The Morgan fingerprint density at radius 1 is 0.960 bits per heavy atom. The van der Waals surface area contributed by atoms with Crippen LogP contribution in [0.3, 0.4) is 0 Å². The third kappa shape index (κ3) is 10.1. The largest absolute Gasteiger partial charge is 0.366 e. The molecule has 0 N–H and O–H groups in total. The summed E-state index contributed by atoms with van der Waals surface area (Å²) in [6.07, 6.45) is -0.822. The lowest BCUT2D eigenvalue weighted by molar-refractivity contribution is 0.0863. The highest BCUT2D eigenvalue weighted by molar-refractivity contribution is 7.85. The molecule has 1 aromatic rings. The van der Waals surface area contributed by atoms with Gasteiger partial charge >= 0.3 is 7.60 Å². The molecule has 144 valence electrons. The Morgan fingerprint density at radius 3 is 2.04 bits per heavy atom. The SMILES string of the molecule is CC(C)OP(=O)(COCCOS(=O)(=O)Cc1ccccc1)OC(C)C. The molecule has 1 aromatic carbocycles. The molecule has 1 rings (SSSR count). The molecule has 0 unspecified atom stereocenters. The maximum absolute atomic E-state index is 12.5. The van der Waals surface area contributed by atoms with Crippen molar-refractivity contribution in [3.05, 3.63) is 35.9 Å². The van der Waals surface area contributed by atoms with E-state index in [1.54, 1.807) is 52.0 Å². The number of hydrogen-bond donors (Lipinski definition) is 0. The van der Waals surface area contributed by atoms with Gasteiger partial charge in [0, 0.05) is 0 Å². The molecule has 0 radical (unpaired) electrons. The third-order valence-electron chi connectivity index (χ3n) is 2.67. The lowest BCUT2D eigenvalue weighted by atomic mass is 10.2. The van der Waals surface area contributed by atoms with Gasteiger partial charge < -0.3 is 13.8 Å². The molecule has 0 heterocycles. The normalized spacial score (nSPS) is 12.9. The first-order valence-electron chi connectivity index (χ1n) is 8.06.